The summed E-state index contributed by atoms with van der Waals surface area (Å²) in [4.78, 5) is 8.09. The second-order valence-electron chi connectivity index (χ2n) is 5.42. The number of aromatic nitrogens is 3. The standard InChI is InChI=1S/C16H14F2N4O2S/c1-10-6-7-20-13(8-10)16-21-14(15(17)18)9-22(16)11-2-4-12(5-3-11)25(19,23)24/h2-9,15H,1H3,(H2,19,23,24). The minimum absolute atomic E-state index is 0.0688. The molecule has 0 radical (unpaired) electrons. The molecule has 0 saturated heterocycles. The average molecular weight is 364 g/mol. The van der Waals surface area contributed by atoms with Crippen LogP contribution < -0.4 is 5.14 Å². The molecule has 3 aromatic rings. The monoisotopic (exact) mass is 364 g/mol. The van der Waals surface area contributed by atoms with E-state index >= 15 is 0 Å². The number of imidazole rings is 1. The highest BCUT2D eigenvalue weighted by atomic mass is 32.2. The summed E-state index contributed by atoms with van der Waals surface area (Å²) in [6, 6.07) is 9.06. The van der Waals surface area contributed by atoms with Crippen LogP contribution in [0.1, 0.15) is 17.7 Å². The highest BCUT2D eigenvalue weighted by molar-refractivity contribution is 7.89. The predicted molar refractivity (Wildman–Crippen MR) is 87.9 cm³/mol. The molecule has 0 amide bonds. The summed E-state index contributed by atoms with van der Waals surface area (Å²) in [7, 11) is -3.84. The Morgan fingerprint density at radius 1 is 1.16 bits per heavy atom. The average Bonchev–Trinajstić information content (AvgIpc) is 3.00. The number of aryl methyl sites for hydroxylation is 1. The predicted octanol–water partition coefficient (Wildman–Crippen LogP) is 2.83. The molecule has 0 aliphatic rings. The molecule has 0 atom stereocenters. The SMILES string of the molecule is Cc1ccnc(-c2nc(C(F)F)cn2-c2ccc(S(N)(=O)=O)cc2)c1. The minimum Gasteiger partial charge on any atom is -0.298 e. The summed E-state index contributed by atoms with van der Waals surface area (Å²) >= 11 is 0. The van der Waals surface area contributed by atoms with E-state index < -0.39 is 22.1 Å². The summed E-state index contributed by atoms with van der Waals surface area (Å²) in [5.41, 5.74) is 1.41. The van der Waals surface area contributed by atoms with Crippen molar-refractivity contribution >= 4 is 10.0 Å². The molecular formula is C16H14F2N4O2S. The third-order valence-electron chi connectivity index (χ3n) is 3.54. The van der Waals surface area contributed by atoms with E-state index in [-0.39, 0.29) is 10.7 Å². The molecule has 6 nitrogen and oxygen atoms in total. The largest absolute Gasteiger partial charge is 0.298 e. The molecule has 3 rings (SSSR count). The second kappa shape index (κ2) is 6.34. The van der Waals surface area contributed by atoms with E-state index in [9.17, 15) is 17.2 Å². The van der Waals surface area contributed by atoms with Gasteiger partial charge in [0.25, 0.3) is 6.43 Å². The molecule has 2 aromatic heterocycles. The smallest absolute Gasteiger partial charge is 0.281 e. The van der Waals surface area contributed by atoms with Crippen molar-refractivity contribution in [1.29, 1.82) is 0 Å². The van der Waals surface area contributed by atoms with Gasteiger partial charge < -0.3 is 0 Å². The number of sulfonamides is 1. The maximum Gasteiger partial charge on any atom is 0.281 e. The van der Waals surface area contributed by atoms with Crippen LogP contribution in [-0.4, -0.2) is 23.0 Å². The van der Waals surface area contributed by atoms with Gasteiger partial charge in [-0.25, -0.2) is 27.3 Å². The topological polar surface area (TPSA) is 90.9 Å². The van der Waals surface area contributed by atoms with Gasteiger partial charge in [0.2, 0.25) is 10.0 Å². The summed E-state index contributed by atoms with van der Waals surface area (Å²) in [6.45, 7) is 1.85. The molecule has 1 aromatic carbocycles. The van der Waals surface area contributed by atoms with E-state index in [1.165, 1.54) is 35.0 Å². The van der Waals surface area contributed by atoms with Crippen LogP contribution in [0.4, 0.5) is 8.78 Å². The third-order valence-corrected chi connectivity index (χ3v) is 4.47. The summed E-state index contributed by atoms with van der Waals surface area (Å²) in [6.07, 6.45) is 0.0275. The number of hydrogen-bond donors (Lipinski definition) is 1. The lowest BCUT2D eigenvalue weighted by Gasteiger charge is -2.08. The van der Waals surface area contributed by atoms with Gasteiger partial charge in [0.1, 0.15) is 11.4 Å². The molecule has 0 spiro atoms. The molecule has 130 valence electrons. The molecule has 0 fully saturated rings. The molecule has 9 heteroatoms. The number of benzene rings is 1. The van der Waals surface area contributed by atoms with E-state index in [0.717, 1.165) is 5.56 Å². The second-order valence-corrected chi connectivity index (χ2v) is 6.98. The number of pyridine rings is 1. The van der Waals surface area contributed by atoms with Gasteiger partial charge in [-0.3, -0.25) is 9.55 Å². The lowest BCUT2D eigenvalue weighted by molar-refractivity contribution is 0.146. The molecule has 2 heterocycles. The Hall–Kier alpha value is -2.65. The van der Waals surface area contributed by atoms with Crippen LogP contribution >= 0.6 is 0 Å². The lowest BCUT2D eigenvalue weighted by Crippen LogP contribution is -2.12. The van der Waals surface area contributed by atoms with Gasteiger partial charge >= 0.3 is 0 Å². The van der Waals surface area contributed by atoms with Crippen LogP contribution in [0.5, 0.6) is 0 Å². The zero-order valence-corrected chi connectivity index (χ0v) is 13.9. The highest BCUT2D eigenvalue weighted by Crippen LogP contribution is 2.27. The maximum atomic E-state index is 13.1. The zero-order valence-electron chi connectivity index (χ0n) is 13.1. The van der Waals surface area contributed by atoms with Crippen LogP contribution in [0, 0.1) is 6.92 Å². The Morgan fingerprint density at radius 2 is 1.84 bits per heavy atom. The van der Waals surface area contributed by atoms with Crippen molar-refractivity contribution in [3.63, 3.8) is 0 Å². The number of halogens is 2. The van der Waals surface area contributed by atoms with E-state index in [2.05, 4.69) is 9.97 Å². The van der Waals surface area contributed by atoms with Crippen molar-refractivity contribution < 1.29 is 17.2 Å². The number of primary sulfonamides is 1. The van der Waals surface area contributed by atoms with Crippen molar-refractivity contribution in [1.82, 2.24) is 14.5 Å². The molecule has 0 aliphatic carbocycles. The van der Waals surface area contributed by atoms with Gasteiger partial charge in [0, 0.05) is 18.1 Å². The first kappa shape index (κ1) is 17.2. The van der Waals surface area contributed by atoms with E-state index in [1.807, 2.05) is 6.92 Å². The first-order chi connectivity index (χ1) is 11.8. The molecule has 2 N–H and O–H groups in total. The van der Waals surface area contributed by atoms with Gasteiger partial charge in [-0.05, 0) is 48.9 Å². The number of rotatable bonds is 4. The van der Waals surface area contributed by atoms with Crippen molar-refractivity contribution in [2.75, 3.05) is 0 Å². The van der Waals surface area contributed by atoms with Gasteiger partial charge in [-0.1, -0.05) is 0 Å². The van der Waals surface area contributed by atoms with Crippen LogP contribution in [0.15, 0.2) is 53.7 Å². The Kier molecular flexibility index (Phi) is 4.36. The Bertz CT molecular complexity index is 1010. The highest BCUT2D eigenvalue weighted by Gasteiger charge is 2.19. The fourth-order valence-corrected chi connectivity index (χ4v) is 2.85. The number of nitrogens with two attached hydrogens (primary N) is 1. The first-order valence-electron chi connectivity index (χ1n) is 7.19. The minimum atomic E-state index is -3.84. The molecule has 0 unspecified atom stereocenters. The summed E-state index contributed by atoms with van der Waals surface area (Å²) in [5.74, 6) is 0.238. The fourth-order valence-electron chi connectivity index (χ4n) is 2.34. The van der Waals surface area contributed by atoms with Crippen LogP contribution in [0.3, 0.4) is 0 Å². The normalized spacial score (nSPS) is 11.9. The quantitative estimate of drug-likeness (QED) is 0.771. The number of hydrogen-bond acceptors (Lipinski definition) is 4. The van der Waals surface area contributed by atoms with Gasteiger partial charge in [-0.15, -0.1) is 0 Å². The third kappa shape index (κ3) is 3.57. The molecule has 0 bridgehead atoms. The van der Waals surface area contributed by atoms with Gasteiger partial charge in [0.05, 0.1) is 4.90 Å². The van der Waals surface area contributed by atoms with E-state index in [1.54, 1.807) is 18.3 Å². The van der Waals surface area contributed by atoms with Crippen molar-refractivity contribution in [3.05, 3.63) is 60.0 Å². The number of alkyl halides is 2. The zero-order chi connectivity index (χ0) is 18.2. The molecule has 25 heavy (non-hydrogen) atoms. The van der Waals surface area contributed by atoms with Crippen molar-refractivity contribution in [2.24, 2.45) is 5.14 Å². The Morgan fingerprint density at radius 3 is 2.40 bits per heavy atom. The Balaban J connectivity index is 2.15. The Labute approximate surface area is 143 Å². The first-order valence-corrected chi connectivity index (χ1v) is 8.74. The van der Waals surface area contributed by atoms with E-state index in [4.69, 9.17) is 5.14 Å². The van der Waals surface area contributed by atoms with Crippen LogP contribution in [-0.2, 0) is 10.0 Å². The lowest BCUT2D eigenvalue weighted by atomic mass is 10.2. The van der Waals surface area contributed by atoms with Crippen molar-refractivity contribution in [2.45, 2.75) is 18.2 Å². The molecular weight excluding hydrogens is 350 g/mol. The van der Waals surface area contributed by atoms with Crippen molar-refractivity contribution in [3.8, 4) is 17.2 Å². The van der Waals surface area contributed by atoms with Gasteiger partial charge in [0.15, 0.2) is 5.82 Å². The summed E-state index contributed by atoms with van der Waals surface area (Å²) < 4.78 is 50.3. The maximum absolute atomic E-state index is 13.1. The number of nitrogens with zero attached hydrogens (tertiary/aromatic N) is 3. The van der Waals surface area contributed by atoms with E-state index in [0.29, 0.717) is 11.4 Å². The molecule has 0 aliphatic heterocycles. The van der Waals surface area contributed by atoms with Gasteiger partial charge in [-0.2, -0.15) is 0 Å². The summed E-state index contributed by atoms with van der Waals surface area (Å²) in [5, 5.41) is 5.07. The van der Waals surface area contributed by atoms with Crippen LogP contribution in [0.2, 0.25) is 0 Å². The fraction of sp³-hybridized carbons (Fsp3) is 0.125. The molecule has 0 saturated carbocycles. The van der Waals surface area contributed by atoms with Crippen LogP contribution in [0.25, 0.3) is 17.2 Å².